The lowest BCUT2D eigenvalue weighted by Crippen LogP contribution is -2.45. The molecule has 1 aliphatic heterocycles. The van der Waals surface area contributed by atoms with E-state index in [2.05, 4.69) is 25.3 Å². The van der Waals surface area contributed by atoms with Crippen LogP contribution in [0.15, 0.2) is 35.4 Å². The molecule has 27 heavy (non-hydrogen) atoms. The highest BCUT2D eigenvalue weighted by Crippen LogP contribution is 2.29. The van der Waals surface area contributed by atoms with E-state index in [1.807, 2.05) is 0 Å². The SMILES string of the molecule is O=c1ccc(N2CCCCC2CNc2ncccn2)nn1C1CCCC1O. The summed E-state index contributed by atoms with van der Waals surface area (Å²) in [5.74, 6) is 1.42. The Balaban J connectivity index is 1.53. The number of nitrogens with one attached hydrogen (secondary N) is 1. The van der Waals surface area contributed by atoms with Gasteiger partial charge in [0.1, 0.15) is 5.82 Å². The summed E-state index contributed by atoms with van der Waals surface area (Å²) in [5, 5.41) is 18.1. The van der Waals surface area contributed by atoms with E-state index in [0.717, 1.165) is 51.0 Å². The van der Waals surface area contributed by atoms with Gasteiger partial charge in [-0.2, -0.15) is 5.10 Å². The van der Waals surface area contributed by atoms with Crippen molar-refractivity contribution in [1.82, 2.24) is 19.7 Å². The molecule has 4 rings (SSSR count). The molecule has 1 saturated carbocycles. The monoisotopic (exact) mass is 370 g/mol. The van der Waals surface area contributed by atoms with Gasteiger partial charge in [0.2, 0.25) is 5.95 Å². The Morgan fingerprint density at radius 3 is 2.74 bits per heavy atom. The van der Waals surface area contributed by atoms with Gasteiger partial charge in [-0.15, -0.1) is 0 Å². The number of hydrogen-bond donors (Lipinski definition) is 2. The summed E-state index contributed by atoms with van der Waals surface area (Å²) < 4.78 is 1.49. The molecule has 8 nitrogen and oxygen atoms in total. The maximum Gasteiger partial charge on any atom is 0.267 e. The van der Waals surface area contributed by atoms with Crippen molar-refractivity contribution < 1.29 is 5.11 Å². The molecule has 1 saturated heterocycles. The Labute approximate surface area is 158 Å². The molecule has 3 atom stereocenters. The van der Waals surface area contributed by atoms with Crippen LogP contribution in [0.25, 0.3) is 0 Å². The average Bonchev–Trinajstić information content (AvgIpc) is 3.13. The normalized spacial score (nSPS) is 25.5. The predicted molar refractivity (Wildman–Crippen MR) is 103 cm³/mol. The first-order valence-electron chi connectivity index (χ1n) is 9.78. The quantitative estimate of drug-likeness (QED) is 0.825. The van der Waals surface area contributed by atoms with Gasteiger partial charge in [0.25, 0.3) is 5.56 Å². The topological polar surface area (TPSA) is 96.2 Å². The lowest BCUT2D eigenvalue weighted by Gasteiger charge is -2.37. The lowest BCUT2D eigenvalue weighted by atomic mass is 10.0. The second-order valence-electron chi connectivity index (χ2n) is 7.34. The number of anilines is 2. The predicted octanol–water partition coefficient (Wildman–Crippen LogP) is 1.59. The van der Waals surface area contributed by atoms with Crippen molar-refractivity contribution in [2.45, 2.75) is 56.7 Å². The van der Waals surface area contributed by atoms with Gasteiger partial charge < -0.3 is 15.3 Å². The Hall–Kier alpha value is -2.48. The molecule has 8 heteroatoms. The number of nitrogens with zero attached hydrogens (tertiary/aromatic N) is 5. The van der Waals surface area contributed by atoms with E-state index in [0.29, 0.717) is 5.95 Å². The fourth-order valence-electron chi connectivity index (χ4n) is 4.13. The van der Waals surface area contributed by atoms with Crippen molar-refractivity contribution in [2.24, 2.45) is 0 Å². The maximum absolute atomic E-state index is 12.3. The van der Waals surface area contributed by atoms with Crippen LogP contribution in [0.3, 0.4) is 0 Å². The molecular formula is C19H26N6O2. The highest BCUT2D eigenvalue weighted by molar-refractivity contribution is 5.40. The van der Waals surface area contributed by atoms with Crippen LogP contribution >= 0.6 is 0 Å². The van der Waals surface area contributed by atoms with Crippen molar-refractivity contribution in [2.75, 3.05) is 23.3 Å². The molecule has 0 spiro atoms. The Morgan fingerprint density at radius 2 is 1.96 bits per heavy atom. The van der Waals surface area contributed by atoms with Crippen molar-refractivity contribution in [3.8, 4) is 0 Å². The molecule has 2 fully saturated rings. The van der Waals surface area contributed by atoms with Gasteiger partial charge >= 0.3 is 0 Å². The van der Waals surface area contributed by atoms with Gasteiger partial charge in [0.15, 0.2) is 0 Å². The smallest absolute Gasteiger partial charge is 0.267 e. The van der Waals surface area contributed by atoms with Crippen LogP contribution in [0, 0.1) is 0 Å². The molecule has 0 bridgehead atoms. The van der Waals surface area contributed by atoms with Crippen LogP contribution in [0.1, 0.15) is 44.6 Å². The van der Waals surface area contributed by atoms with E-state index < -0.39 is 6.10 Å². The number of hydrogen-bond acceptors (Lipinski definition) is 7. The van der Waals surface area contributed by atoms with Crippen molar-refractivity contribution in [3.63, 3.8) is 0 Å². The number of aliphatic hydroxyl groups excluding tert-OH is 1. The second-order valence-corrected chi connectivity index (χ2v) is 7.34. The van der Waals surface area contributed by atoms with E-state index in [1.54, 1.807) is 30.6 Å². The standard InChI is InChI=1S/C19H26N6O2/c26-16-7-3-6-15(16)25-18(27)9-8-17(23-25)24-12-2-1-5-14(24)13-22-19-20-10-4-11-21-19/h4,8-11,14-16,26H,1-3,5-7,12-13H2,(H,20,21,22). The fourth-order valence-corrected chi connectivity index (χ4v) is 4.13. The first kappa shape index (κ1) is 17.9. The van der Waals surface area contributed by atoms with Crippen molar-refractivity contribution in [3.05, 3.63) is 40.9 Å². The van der Waals surface area contributed by atoms with Crippen LogP contribution in [0.5, 0.6) is 0 Å². The fraction of sp³-hybridized carbons (Fsp3) is 0.579. The van der Waals surface area contributed by atoms with Gasteiger partial charge in [-0.05, 0) is 50.7 Å². The zero-order valence-corrected chi connectivity index (χ0v) is 15.4. The highest BCUT2D eigenvalue weighted by Gasteiger charge is 2.30. The molecule has 0 aromatic carbocycles. The summed E-state index contributed by atoms with van der Waals surface area (Å²) in [5.41, 5.74) is -0.144. The Morgan fingerprint density at radius 1 is 1.11 bits per heavy atom. The number of aliphatic hydroxyl groups is 1. The minimum atomic E-state index is -0.487. The molecule has 2 aliphatic rings. The second kappa shape index (κ2) is 8.04. The van der Waals surface area contributed by atoms with Crippen molar-refractivity contribution >= 4 is 11.8 Å². The zero-order chi connectivity index (χ0) is 18.6. The number of piperidine rings is 1. The molecule has 3 heterocycles. The maximum atomic E-state index is 12.3. The van der Waals surface area contributed by atoms with Gasteiger partial charge in [-0.3, -0.25) is 4.79 Å². The summed E-state index contributed by atoms with van der Waals surface area (Å²) in [6.07, 6.45) is 8.73. The molecule has 3 unspecified atom stereocenters. The zero-order valence-electron chi connectivity index (χ0n) is 15.4. The minimum Gasteiger partial charge on any atom is -0.391 e. The van der Waals surface area contributed by atoms with Crippen molar-refractivity contribution in [1.29, 1.82) is 0 Å². The minimum absolute atomic E-state index is 0.144. The van der Waals surface area contributed by atoms with E-state index in [9.17, 15) is 9.90 Å². The number of aromatic nitrogens is 4. The largest absolute Gasteiger partial charge is 0.391 e. The van der Waals surface area contributed by atoms with Crippen LogP contribution in [-0.4, -0.2) is 50.1 Å². The third-order valence-corrected chi connectivity index (χ3v) is 5.55. The number of rotatable bonds is 5. The average molecular weight is 370 g/mol. The molecule has 2 aromatic rings. The Kier molecular flexibility index (Phi) is 5.33. The van der Waals surface area contributed by atoms with E-state index in [1.165, 1.54) is 11.1 Å². The Bertz CT molecular complexity index is 811. The lowest BCUT2D eigenvalue weighted by molar-refractivity contribution is 0.127. The van der Waals surface area contributed by atoms with Crippen LogP contribution in [0.2, 0.25) is 0 Å². The summed E-state index contributed by atoms with van der Waals surface area (Å²) >= 11 is 0. The van der Waals surface area contributed by atoms with Gasteiger partial charge in [0.05, 0.1) is 12.1 Å². The molecule has 0 amide bonds. The molecule has 0 radical (unpaired) electrons. The van der Waals surface area contributed by atoms with Gasteiger partial charge in [0, 0.05) is 37.6 Å². The molecule has 144 valence electrons. The molecular weight excluding hydrogens is 344 g/mol. The molecule has 2 aromatic heterocycles. The van der Waals surface area contributed by atoms with Gasteiger partial charge in [-0.1, -0.05) is 0 Å². The first-order valence-corrected chi connectivity index (χ1v) is 9.78. The third-order valence-electron chi connectivity index (χ3n) is 5.55. The molecule has 1 aliphatic carbocycles. The van der Waals surface area contributed by atoms with E-state index in [4.69, 9.17) is 0 Å². The summed E-state index contributed by atoms with van der Waals surface area (Å²) in [6.45, 7) is 1.62. The van der Waals surface area contributed by atoms with E-state index in [-0.39, 0.29) is 17.6 Å². The summed E-state index contributed by atoms with van der Waals surface area (Å²) in [4.78, 5) is 23.0. The van der Waals surface area contributed by atoms with E-state index >= 15 is 0 Å². The summed E-state index contributed by atoms with van der Waals surface area (Å²) in [7, 11) is 0. The van der Waals surface area contributed by atoms with Crippen LogP contribution in [-0.2, 0) is 0 Å². The summed E-state index contributed by atoms with van der Waals surface area (Å²) in [6, 6.07) is 5.22. The molecule has 2 N–H and O–H groups in total. The highest BCUT2D eigenvalue weighted by atomic mass is 16.3. The third kappa shape index (κ3) is 3.95. The first-order chi connectivity index (χ1) is 13.2. The van der Waals surface area contributed by atoms with Crippen LogP contribution < -0.4 is 15.8 Å². The van der Waals surface area contributed by atoms with Crippen LogP contribution in [0.4, 0.5) is 11.8 Å². The van der Waals surface area contributed by atoms with Gasteiger partial charge in [-0.25, -0.2) is 14.6 Å².